The Morgan fingerprint density at radius 1 is 1.11 bits per heavy atom. The van der Waals surface area contributed by atoms with Crippen molar-refractivity contribution >= 4 is 35.0 Å². The number of anilines is 3. The van der Waals surface area contributed by atoms with Crippen molar-refractivity contribution in [3.05, 3.63) is 65.0 Å². The summed E-state index contributed by atoms with van der Waals surface area (Å²) in [5.74, 6) is 0.294. The van der Waals surface area contributed by atoms with Gasteiger partial charge >= 0.3 is 18.2 Å². The topological polar surface area (TPSA) is 149 Å². The monoisotopic (exact) mass is 646 g/mol. The lowest BCUT2D eigenvalue weighted by atomic mass is 10.0. The maximum absolute atomic E-state index is 13.5. The molecule has 46 heavy (non-hydrogen) atoms. The smallest absolute Gasteiger partial charge is 0.416 e. The van der Waals surface area contributed by atoms with Crippen LogP contribution < -0.4 is 20.7 Å². The minimum absolute atomic E-state index is 0.0997. The van der Waals surface area contributed by atoms with Crippen LogP contribution in [0.3, 0.4) is 0 Å². The number of aromatic nitrogens is 1. The molecule has 5 amide bonds. The number of hydrogen-bond donors (Lipinski definition) is 4. The molecule has 0 radical (unpaired) electrons. The van der Waals surface area contributed by atoms with Gasteiger partial charge in [-0.3, -0.25) is 4.79 Å². The normalized spacial score (nSPS) is 17.5. The van der Waals surface area contributed by atoms with Crippen LogP contribution >= 0.6 is 0 Å². The van der Waals surface area contributed by atoms with Crippen LogP contribution in [0.5, 0.6) is 5.75 Å². The molecule has 0 spiro atoms. The largest absolute Gasteiger partial charge is 0.488 e. The average molecular weight is 647 g/mol. The van der Waals surface area contributed by atoms with Gasteiger partial charge < -0.3 is 40.1 Å². The predicted octanol–water partition coefficient (Wildman–Crippen LogP) is 5.27. The molecule has 0 saturated heterocycles. The van der Waals surface area contributed by atoms with Gasteiger partial charge in [0.05, 0.1) is 31.2 Å². The van der Waals surface area contributed by atoms with Crippen molar-refractivity contribution in [1.82, 2.24) is 15.0 Å². The number of hydrogen-bond acceptors (Lipinski definition) is 7. The number of ether oxygens (including phenoxy) is 1. The third kappa shape index (κ3) is 8.27. The van der Waals surface area contributed by atoms with Crippen molar-refractivity contribution in [3.8, 4) is 5.75 Å². The number of nitrogens with one attached hydrogen (secondary N) is 3. The van der Waals surface area contributed by atoms with Crippen LogP contribution in [-0.4, -0.2) is 76.9 Å². The molecule has 1 aromatic heterocycles. The Morgan fingerprint density at radius 2 is 1.76 bits per heavy atom. The summed E-state index contributed by atoms with van der Waals surface area (Å²) >= 11 is 0. The Kier molecular flexibility index (Phi) is 10.5. The van der Waals surface area contributed by atoms with Crippen LogP contribution in [0.2, 0.25) is 0 Å². The highest BCUT2D eigenvalue weighted by Crippen LogP contribution is 2.31. The third-order valence-corrected chi connectivity index (χ3v) is 7.71. The number of benzene rings is 2. The number of aryl methyl sites for hydroxylation is 2. The van der Waals surface area contributed by atoms with Gasteiger partial charge in [0.1, 0.15) is 23.2 Å². The molecule has 3 aromatic rings. The fraction of sp³-hybridized carbons (Fsp3) is 0.419. The molecule has 3 atom stereocenters. The SMILES string of the molecule is Cc1noc(C)c1NC(=O)N(C)C[C@H]1Oc2ccc(NC(=O)Nc3ccc(C(F)(F)F)cc3)cc2CC(=O)N([C@H](C)CO)C[C@@H]1C. The Bertz CT molecular complexity index is 1540. The number of likely N-dealkylation sites (N-methyl/N-ethyl adjacent to an activating group) is 1. The molecule has 15 heteroatoms. The minimum Gasteiger partial charge on any atom is -0.488 e. The number of fused-ring (bicyclic) bond motifs is 1. The number of nitrogens with zero attached hydrogens (tertiary/aromatic N) is 3. The second-order valence-electron chi connectivity index (χ2n) is 11.4. The second-order valence-corrected chi connectivity index (χ2v) is 11.4. The first-order valence-electron chi connectivity index (χ1n) is 14.6. The molecule has 4 rings (SSSR count). The number of carbonyl (C=O) groups excluding carboxylic acids is 3. The van der Waals surface area contributed by atoms with Gasteiger partial charge in [0.15, 0.2) is 5.76 Å². The first kappa shape index (κ1) is 34.1. The number of aliphatic hydroxyl groups is 1. The number of amides is 5. The number of halogens is 3. The van der Waals surface area contributed by atoms with Gasteiger partial charge in [-0.2, -0.15) is 13.2 Å². The van der Waals surface area contributed by atoms with Crippen molar-refractivity contribution in [2.24, 2.45) is 5.92 Å². The Hall–Kier alpha value is -4.79. The first-order valence-corrected chi connectivity index (χ1v) is 14.6. The Balaban J connectivity index is 1.54. The molecule has 0 saturated carbocycles. The molecule has 4 N–H and O–H groups in total. The van der Waals surface area contributed by atoms with Crippen LogP contribution in [0.4, 0.5) is 39.8 Å². The Labute approximate surface area is 263 Å². The fourth-order valence-electron chi connectivity index (χ4n) is 4.98. The highest BCUT2D eigenvalue weighted by Gasteiger charge is 2.32. The van der Waals surface area contributed by atoms with Crippen LogP contribution in [0.15, 0.2) is 47.0 Å². The van der Waals surface area contributed by atoms with Crippen LogP contribution in [0.1, 0.15) is 36.4 Å². The molecule has 0 fully saturated rings. The molecular weight excluding hydrogens is 609 g/mol. The number of alkyl halides is 3. The van der Waals surface area contributed by atoms with E-state index < -0.39 is 35.9 Å². The molecule has 0 unspecified atom stereocenters. The van der Waals surface area contributed by atoms with Crippen molar-refractivity contribution in [2.75, 3.05) is 42.7 Å². The van der Waals surface area contributed by atoms with Crippen molar-refractivity contribution in [1.29, 1.82) is 0 Å². The molecule has 0 bridgehead atoms. The van der Waals surface area contributed by atoms with Gasteiger partial charge in [-0.05, 0) is 63.2 Å². The van der Waals surface area contributed by atoms with Gasteiger partial charge in [0.25, 0.3) is 0 Å². The lowest BCUT2D eigenvalue weighted by molar-refractivity contribution is -0.137. The van der Waals surface area contributed by atoms with E-state index in [-0.39, 0.29) is 43.6 Å². The lowest BCUT2D eigenvalue weighted by Gasteiger charge is -2.34. The summed E-state index contributed by atoms with van der Waals surface area (Å²) in [6.45, 7) is 7.14. The van der Waals surface area contributed by atoms with Gasteiger partial charge in [-0.1, -0.05) is 12.1 Å². The number of carbonyl (C=O) groups is 3. The fourth-order valence-corrected chi connectivity index (χ4v) is 4.98. The zero-order valence-electron chi connectivity index (χ0n) is 26.1. The number of rotatable bonds is 7. The minimum atomic E-state index is -4.50. The van der Waals surface area contributed by atoms with Crippen molar-refractivity contribution in [3.63, 3.8) is 0 Å². The maximum atomic E-state index is 13.5. The molecule has 12 nitrogen and oxygen atoms in total. The second kappa shape index (κ2) is 14.1. The van der Waals surface area contributed by atoms with Gasteiger partial charge in [0.2, 0.25) is 5.91 Å². The van der Waals surface area contributed by atoms with E-state index in [1.807, 2.05) is 6.92 Å². The third-order valence-electron chi connectivity index (χ3n) is 7.71. The zero-order valence-corrected chi connectivity index (χ0v) is 26.1. The van der Waals surface area contributed by atoms with Gasteiger partial charge in [-0.25, -0.2) is 9.59 Å². The predicted molar refractivity (Wildman–Crippen MR) is 164 cm³/mol. The average Bonchev–Trinajstić information content (AvgIpc) is 3.33. The van der Waals surface area contributed by atoms with Crippen molar-refractivity contribution < 1.29 is 41.9 Å². The van der Waals surface area contributed by atoms with E-state index >= 15 is 0 Å². The molecule has 0 aliphatic carbocycles. The van der Waals surface area contributed by atoms with Crippen LogP contribution in [-0.2, 0) is 17.4 Å². The lowest BCUT2D eigenvalue weighted by Crippen LogP contribution is -2.48. The highest BCUT2D eigenvalue weighted by atomic mass is 19.4. The molecule has 2 heterocycles. The quantitative estimate of drug-likeness (QED) is 0.273. The summed E-state index contributed by atoms with van der Waals surface area (Å²) in [6, 6.07) is 7.14. The molecule has 2 aromatic carbocycles. The van der Waals surface area contributed by atoms with E-state index in [0.29, 0.717) is 34.1 Å². The first-order chi connectivity index (χ1) is 21.7. The summed E-state index contributed by atoms with van der Waals surface area (Å²) in [5.41, 5.74) is 1.08. The highest BCUT2D eigenvalue weighted by molar-refractivity contribution is 6.00. The van der Waals surface area contributed by atoms with E-state index in [9.17, 15) is 32.7 Å². The summed E-state index contributed by atoms with van der Waals surface area (Å²) in [4.78, 5) is 42.2. The molecule has 1 aliphatic heterocycles. The standard InChI is InChI=1S/C31H37F3N6O6/c1-17-14-40(18(2)16-41)27(42)13-21-12-24(36-29(43)35-23-8-6-22(7-9-23)31(32,33)34)10-11-25(21)45-26(17)15-39(5)30(44)37-28-19(3)38-46-20(28)4/h6-12,17-18,26,41H,13-16H2,1-5H3,(H,37,44)(H2,35,36,43)/t17-,18+,26+/m0/s1. The molecule has 248 valence electrons. The summed E-state index contributed by atoms with van der Waals surface area (Å²) in [7, 11) is 1.61. The molecule has 1 aliphatic rings. The van der Waals surface area contributed by atoms with E-state index in [2.05, 4.69) is 21.1 Å². The number of aliphatic hydroxyl groups excluding tert-OH is 1. The van der Waals surface area contributed by atoms with E-state index in [0.717, 1.165) is 24.3 Å². The summed E-state index contributed by atoms with van der Waals surface area (Å²) in [6.07, 6.45) is -5.18. The van der Waals surface area contributed by atoms with E-state index in [4.69, 9.17) is 9.26 Å². The van der Waals surface area contributed by atoms with Crippen LogP contribution in [0.25, 0.3) is 0 Å². The summed E-state index contributed by atoms with van der Waals surface area (Å²) < 4.78 is 50.2. The Morgan fingerprint density at radius 3 is 2.37 bits per heavy atom. The maximum Gasteiger partial charge on any atom is 0.416 e. The summed E-state index contributed by atoms with van der Waals surface area (Å²) in [5, 5.41) is 21.6. The number of urea groups is 2. The zero-order chi connectivity index (χ0) is 33.8. The van der Waals surface area contributed by atoms with Gasteiger partial charge in [0, 0.05) is 36.4 Å². The molecular formula is C31H37F3N6O6. The van der Waals surface area contributed by atoms with E-state index in [1.165, 1.54) is 4.90 Å². The van der Waals surface area contributed by atoms with E-state index in [1.54, 1.807) is 50.9 Å². The van der Waals surface area contributed by atoms with Gasteiger partial charge in [-0.15, -0.1) is 0 Å². The van der Waals surface area contributed by atoms with Crippen LogP contribution in [0, 0.1) is 19.8 Å². The van der Waals surface area contributed by atoms with Crippen molar-refractivity contribution in [2.45, 2.75) is 52.4 Å².